The van der Waals surface area contributed by atoms with Crippen LogP contribution in [0.3, 0.4) is 0 Å². The maximum Gasteiger partial charge on any atom is 0.429 e. The molecule has 0 unspecified atom stereocenters. The quantitative estimate of drug-likeness (QED) is 0.444. The van der Waals surface area contributed by atoms with Crippen molar-refractivity contribution < 1.29 is 26.6 Å². The van der Waals surface area contributed by atoms with Crippen LogP contribution in [-0.4, -0.2) is 16.4 Å². The second-order valence-electron chi connectivity index (χ2n) is 2.82. The Hall–Kier alpha value is 0.489. The molecule has 0 rings (SSSR count). The molecule has 0 fully saturated rings. The first-order chi connectivity index (χ1) is 6.18. The van der Waals surface area contributed by atoms with Crippen LogP contribution < -0.4 is 0 Å². The van der Waals surface area contributed by atoms with Gasteiger partial charge in [0.05, 0.1) is 6.61 Å². The van der Waals surface area contributed by atoms with Gasteiger partial charge in [-0.1, -0.05) is 32.6 Å². The second-order valence-corrected chi connectivity index (χ2v) is 3.93. The molecular formula is C8H17FeNO2S2. The third-order valence-corrected chi connectivity index (χ3v) is 1.96. The van der Waals surface area contributed by atoms with E-state index < -0.39 is 6.09 Å². The van der Waals surface area contributed by atoms with Crippen LogP contribution in [0, 0.1) is 0 Å². The van der Waals surface area contributed by atoms with E-state index in [-0.39, 0.29) is 17.1 Å². The van der Waals surface area contributed by atoms with Gasteiger partial charge in [-0.15, -0.1) is 0 Å². The summed E-state index contributed by atoms with van der Waals surface area (Å²) in [6.07, 6.45) is 5.20. The van der Waals surface area contributed by atoms with Crippen molar-refractivity contribution in [3.63, 3.8) is 0 Å². The zero-order valence-corrected chi connectivity index (χ0v) is 11.1. The number of ether oxygens (including phenoxy) is 1. The van der Waals surface area contributed by atoms with Crippen molar-refractivity contribution in [2.75, 3.05) is 6.61 Å². The summed E-state index contributed by atoms with van der Waals surface area (Å²) in [7, 11) is 0. The predicted molar refractivity (Wildman–Crippen MR) is 59.9 cm³/mol. The number of thiol groups is 2. The first kappa shape index (κ1) is 16.9. The second kappa shape index (κ2) is 11.6. The Morgan fingerprint density at radius 2 is 1.79 bits per heavy atom. The molecule has 86 valence electrons. The number of unbranched alkanes of at least 4 members (excludes halogenated alkanes) is 4. The molecule has 0 aliphatic rings. The van der Waals surface area contributed by atoms with E-state index in [1.165, 1.54) is 19.3 Å². The maximum absolute atomic E-state index is 10.8. The van der Waals surface area contributed by atoms with Gasteiger partial charge in [0.2, 0.25) is 0 Å². The van der Waals surface area contributed by atoms with Crippen molar-refractivity contribution in [2.45, 2.75) is 39.0 Å². The fourth-order valence-electron chi connectivity index (χ4n) is 0.923. The average molecular weight is 279 g/mol. The largest absolute Gasteiger partial charge is 0.448 e. The fraction of sp³-hybridized carbons (Fsp3) is 0.875. The van der Waals surface area contributed by atoms with E-state index >= 15 is 0 Å². The number of carbonyl (C=O) groups is 1. The van der Waals surface area contributed by atoms with Crippen molar-refractivity contribution in [1.82, 2.24) is 3.71 Å². The Morgan fingerprint density at radius 3 is 2.29 bits per heavy atom. The van der Waals surface area contributed by atoms with Gasteiger partial charge in [0.15, 0.2) is 0 Å². The van der Waals surface area contributed by atoms with Gasteiger partial charge in [-0.25, -0.2) is 4.79 Å². The van der Waals surface area contributed by atoms with Crippen LogP contribution >= 0.6 is 25.6 Å². The molecule has 14 heavy (non-hydrogen) atoms. The van der Waals surface area contributed by atoms with Gasteiger partial charge < -0.3 is 4.74 Å². The molecule has 0 radical (unpaired) electrons. The Labute approximate surface area is 108 Å². The minimum atomic E-state index is -0.512. The SMILES string of the molecule is CCCCCCCOC(=O)N(S)S.[Fe]. The summed E-state index contributed by atoms with van der Waals surface area (Å²) in [5.41, 5.74) is 0. The molecule has 0 heterocycles. The number of nitrogens with zero attached hydrogens (tertiary/aromatic N) is 1. The molecule has 0 aromatic rings. The van der Waals surface area contributed by atoms with Gasteiger partial charge in [-0.05, 0) is 32.1 Å². The van der Waals surface area contributed by atoms with Crippen molar-refractivity contribution >= 4 is 31.7 Å². The third-order valence-electron chi connectivity index (χ3n) is 1.64. The maximum atomic E-state index is 10.8. The van der Waals surface area contributed by atoms with E-state index in [1.807, 2.05) is 0 Å². The Morgan fingerprint density at radius 1 is 1.21 bits per heavy atom. The van der Waals surface area contributed by atoms with E-state index in [1.54, 1.807) is 0 Å². The number of hydrogen-bond acceptors (Lipinski definition) is 4. The molecule has 0 aliphatic carbocycles. The van der Waals surface area contributed by atoms with Crippen molar-refractivity contribution in [2.24, 2.45) is 0 Å². The molecule has 0 aromatic heterocycles. The summed E-state index contributed by atoms with van der Waals surface area (Å²) in [4.78, 5) is 10.8. The van der Waals surface area contributed by atoms with Crippen LogP contribution in [0.2, 0.25) is 0 Å². The van der Waals surface area contributed by atoms with Crippen LogP contribution in [0.25, 0.3) is 0 Å². The van der Waals surface area contributed by atoms with Gasteiger partial charge >= 0.3 is 6.09 Å². The van der Waals surface area contributed by atoms with Crippen LogP contribution in [0.5, 0.6) is 0 Å². The van der Waals surface area contributed by atoms with Gasteiger partial charge in [0.1, 0.15) is 0 Å². The normalized spacial score (nSPS) is 9.07. The molecule has 0 aliphatic heterocycles. The number of hydrogen-bond donors (Lipinski definition) is 2. The van der Waals surface area contributed by atoms with Crippen molar-refractivity contribution in [1.29, 1.82) is 0 Å². The summed E-state index contributed by atoms with van der Waals surface area (Å²) in [6.45, 7) is 2.62. The van der Waals surface area contributed by atoms with Gasteiger partial charge in [-0.2, -0.15) is 3.71 Å². The van der Waals surface area contributed by atoms with E-state index in [4.69, 9.17) is 4.74 Å². The van der Waals surface area contributed by atoms with Crippen LogP contribution in [0.1, 0.15) is 39.0 Å². The zero-order chi connectivity index (χ0) is 10.1. The van der Waals surface area contributed by atoms with Gasteiger partial charge in [0, 0.05) is 17.1 Å². The monoisotopic (exact) mass is 279 g/mol. The molecule has 0 saturated heterocycles. The smallest absolute Gasteiger partial charge is 0.429 e. The van der Waals surface area contributed by atoms with Crippen LogP contribution in [0.4, 0.5) is 4.79 Å². The molecule has 0 atom stereocenters. The topological polar surface area (TPSA) is 29.5 Å². The average Bonchev–Trinajstić information content (AvgIpc) is 2.10. The van der Waals surface area contributed by atoms with Crippen LogP contribution in [0.15, 0.2) is 0 Å². The molecule has 3 nitrogen and oxygen atoms in total. The van der Waals surface area contributed by atoms with E-state index in [0.29, 0.717) is 6.61 Å². The Bertz CT molecular complexity index is 147. The molecule has 0 saturated carbocycles. The molecule has 0 aromatic carbocycles. The van der Waals surface area contributed by atoms with Gasteiger partial charge in [0.25, 0.3) is 0 Å². The van der Waals surface area contributed by atoms with Crippen molar-refractivity contribution in [3.05, 3.63) is 0 Å². The molecule has 1 amide bonds. The third kappa shape index (κ3) is 10.6. The summed E-state index contributed by atoms with van der Waals surface area (Å²) >= 11 is 7.35. The summed E-state index contributed by atoms with van der Waals surface area (Å²) in [5.74, 6) is 0. The summed E-state index contributed by atoms with van der Waals surface area (Å²) in [5, 5.41) is 0. The van der Waals surface area contributed by atoms with Crippen molar-refractivity contribution in [3.8, 4) is 0 Å². The predicted octanol–water partition coefficient (Wildman–Crippen LogP) is 3.08. The zero-order valence-electron chi connectivity index (χ0n) is 8.25. The summed E-state index contributed by atoms with van der Waals surface area (Å²) in [6, 6.07) is 0. The summed E-state index contributed by atoms with van der Waals surface area (Å²) < 4.78 is 5.66. The van der Waals surface area contributed by atoms with E-state index in [0.717, 1.165) is 16.6 Å². The Balaban J connectivity index is 0. The molecular weight excluding hydrogens is 262 g/mol. The molecule has 6 heteroatoms. The molecule has 0 spiro atoms. The standard InChI is InChI=1S/C8H17NO2S2.Fe/c1-2-3-4-5-6-7-11-8(10)9(12)13;/h12-13H,2-7H2,1H3;. The van der Waals surface area contributed by atoms with Gasteiger partial charge in [-0.3, -0.25) is 0 Å². The molecule has 0 N–H and O–H groups in total. The fourth-order valence-corrected chi connectivity index (χ4v) is 1.04. The minimum Gasteiger partial charge on any atom is -0.448 e. The number of amides is 1. The molecule has 0 bridgehead atoms. The first-order valence-corrected chi connectivity index (χ1v) is 5.33. The number of carbonyl (C=O) groups excluding carboxylic acids is 1. The van der Waals surface area contributed by atoms with Crippen LogP contribution in [-0.2, 0) is 21.8 Å². The Kier molecular flexibility index (Phi) is 14.0. The van der Waals surface area contributed by atoms with E-state index in [9.17, 15) is 4.79 Å². The minimum absolute atomic E-state index is 0. The number of rotatable bonds is 6. The van der Waals surface area contributed by atoms with E-state index in [2.05, 4.69) is 32.6 Å². The first-order valence-electron chi connectivity index (χ1n) is 4.53.